The molecule has 6 nitrogen and oxygen atoms in total. The highest BCUT2D eigenvalue weighted by atomic mass is 16.5. The predicted molar refractivity (Wildman–Crippen MR) is 90.4 cm³/mol. The van der Waals surface area contributed by atoms with Crippen molar-refractivity contribution in [2.75, 3.05) is 0 Å². The zero-order valence-electron chi connectivity index (χ0n) is 13.5. The van der Waals surface area contributed by atoms with E-state index in [0.29, 0.717) is 29.5 Å². The Balaban J connectivity index is 1.51. The van der Waals surface area contributed by atoms with Crippen molar-refractivity contribution in [2.45, 2.75) is 25.3 Å². The lowest BCUT2D eigenvalue weighted by atomic mass is 10.2. The fourth-order valence-corrected chi connectivity index (χ4v) is 2.66. The zero-order chi connectivity index (χ0) is 17.2. The molecule has 1 aliphatic carbocycles. The summed E-state index contributed by atoms with van der Waals surface area (Å²) in [6, 6.07) is 14.2. The van der Waals surface area contributed by atoms with Crippen LogP contribution in [0.15, 0.2) is 48.7 Å². The van der Waals surface area contributed by atoms with E-state index >= 15 is 0 Å². The van der Waals surface area contributed by atoms with Gasteiger partial charge in [0.05, 0.1) is 17.8 Å². The van der Waals surface area contributed by atoms with E-state index in [-0.39, 0.29) is 5.75 Å². The van der Waals surface area contributed by atoms with Gasteiger partial charge in [0, 0.05) is 12.1 Å². The topological polar surface area (TPSA) is 84.0 Å². The lowest BCUT2D eigenvalue weighted by Crippen LogP contribution is -2.00. The molecule has 0 bridgehead atoms. The molecule has 6 heteroatoms. The van der Waals surface area contributed by atoms with Crippen LogP contribution < -0.4 is 4.74 Å². The van der Waals surface area contributed by atoms with Crippen LogP contribution in [-0.2, 0) is 6.54 Å². The molecule has 0 amide bonds. The van der Waals surface area contributed by atoms with Crippen molar-refractivity contribution < 1.29 is 9.84 Å². The second-order valence-electron chi connectivity index (χ2n) is 6.13. The minimum absolute atomic E-state index is 0.0211. The molecule has 1 heterocycles. The maximum absolute atomic E-state index is 10.2. The third-order valence-electron chi connectivity index (χ3n) is 4.15. The van der Waals surface area contributed by atoms with E-state index in [1.54, 1.807) is 41.1 Å². The average molecular weight is 332 g/mol. The minimum Gasteiger partial charge on any atom is -0.504 e. The number of aromatic hydroxyl groups is 1. The average Bonchev–Trinajstić information content (AvgIpc) is 3.37. The molecule has 2 aromatic carbocycles. The highest BCUT2D eigenvalue weighted by Gasteiger charge is 2.26. The van der Waals surface area contributed by atoms with Gasteiger partial charge in [-0.1, -0.05) is 23.4 Å². The maximum Gasteiger partial charge on any atom is 0.169 e. The molecule has 0 unspecified atom stereocenters. The summed E-state index contributed by atoms with van der Waals surface area (Å²) in [7, 11) is 0. The van der Waals surface area contributed by atoms with Crippen LogP contribution in [0.1, 0.15) is 35.6 Å². The van der Waals surface area contributed by atoms with Gasteiger partial charge in [0.15, 0.2) is 11.5 Å². The zero-order valence-corrected chi connectivity index (χ0v) is 13.5. The van der Waals surface area contributed by atoms with Crippen molar-refractivity contribution in [1.82, 2.24) is 15.0 Å². The molecular weight excluding hydrogens is 316 g/mol. The molecule has 0 radical (unpaired) electrons. The van der Waals surface area contributed by atoms with Crippen molar-refractivity contribution in [1.29, 1.82) is 5.26 Å². The first kappa shape index (κ1) is 15.2. The molecule has 0 atom stereocenters. The second kappa shape index (κ2) is 6.29. The number of ether oxygens (including phenoxy) is 1. The minimum atomic E-state index is 0.0211. The summed E-state index contributed by atoms with van der Waals surface area (Å²) in [4.78, 5) is 0. The molecule has 0 saturated heterocycles. The monoisotopic (exact) mass is 332 g/mol. The molecule has 1 aliphatic rings. The van der Waals surface area contributed by atoms with Crippen molar-refractivity contribution in [3.05, 3.63) is 65.5 Å². The van der Waals surface area contributed by atoms with Crippen LogP contribution >= 0.6 is 0 Å². The number of hydrogen-bond donors (Lipinski definition) is 1. The molecule has 124 valence electrons. The van der Waals surface area contributed by atoms with Gasteiger partial charge in [-0.3, -0.25) is 0 Å². The SMILES string of the molecule is N#Cc1ccccc1Oc1ccc(Cn2cc(C3CC3)nn2)cc1O. The molecular formula is C19H16N4O2. The number of aromatic nitrogens is 3. The molecule has 3 aromatic rings. The first-order valence-corrected chi connectivity index (χ1v) is 8.12. The predicted octanol–water partition coefficient (Wildman–Crippen LogP) is 3.57. The molecule has 1 aromatic heterocycles. The van der Waals surface area contributed by atoms with Gasteiger partial charge in [0.2, 0.25) is 0 Å². The second-order valence-corrected chi connectivity index (χ2v) is 6.13. The van der Waals surface area contributed by atoms with Crippen LogP contribution in [0.2, 0.25) is 0 Å². The van der Waals surface area contributed by atoms with E-state index in [1.807, 2.05) is 12.3 Å². The van der Waals surface area contributed by atoms with E-state index in [1.165, 1.54) is 12.8 Å². The first-order valence-electron chi connectivity index (χ1n) is 8.12. The largest absolute Gasteiger partial charge is 0.504 e. The number of nitrogens with zero attached hydrogens (tertiary/aromatic N) is 4. The van der Waals surface area contributed by atoms with E-state index < -0.39 is 0 Å². The number of benzene rings is 2. The summed E-state index contributed by atoms with van der Waals surface area (Å²) < 4.78 is 7.44. The Morgan fingerprint density at radius 2 is 2.04 bits per heavy atom. The lowest BCUT2D eigenvalue weighted by Gasteiger charge is -2.10. The quantitative estimate of drug-likeness (QED) is 0.772. The van der Waals surface area contributed by atoms with Gasteiger partial charge < -0.3 is 9.84 Å². The summed E-state index contributed by atoms with van der Waals surface area (Å²) in [5.41, 5.74) is 2.35. The smallest absolute Gasteiger partial charge is 0.169 e. The van der Waals surface area contributed by atoms with Crippen LogP contribution in [0, 0.1) is 11.3 Å². The molecule has 25 heavy (non-hydrogen) atoms. The number of phenolic OH excluding ortho intramolecular Hbond substituents is 1. The van der Waals surface area contributed by atoms with Crippen LogP contribution in [-0.4, -0.2) is 20.1 Å². The van der Waals surface area contributed by atoms with E-state index in [2.05, 4.69) is 16.4 Å². The van der Waals surface area contributed by atoms with Gasteiger partial charge in [-0.15, -0.1) is 5.10 Å². The van der Waals surface area contributed by atoms with E-state index in [9.17, 15) is 5.11 Å². The van der Waals surface area contributed by atoms with E-state index in [4.69, 9.17) is 10.00 Å². The Labute approximate surface area is 144 Å². The Hall–Kier alpha value is -3.33. The standard InChI is InChI=1S/C19H16N4O2/c20-10-15-3-1-2-4-18(15)25-19-8-5-13(9-17(19)24)11-23-12-16(21-22-23)14-6-7-14/h1-5,8-9,12,14,24H,6-7,11H2. The summed E-state index contributed by atoms with van der Waals surface area (Å²) in [6.45, 7) is 0.530. The first-order chi connectivity index (χ1) is 12.2. The summed E-state index contributed by atoms with van der Waals surface area (Å²) >= 11 is 0. The fraction of sp³-hybridized carbons (Fsp3) is 0.211. The van der Waals surface area contributed by atoms with Crippen molar-refractivity contribution in [2.24, 2.45) is 0 Å². The van der Waals surface area contributed by atoms with Crippen molar-refractivity contribution >= 4 is 0 Å². The Morgan fingerprint density at radius 1 is 1.20 bits per heavy atom. The van der Waals surface area contributed by atoms with Crippen LogP contribution in [0.5, 0.6) is 17.2 Å². The molecule has 1 saturated carbocycles. The number of hydrogen-bond acceptors (Lipinski definition) is 5. The van der Waals surface area contributed by atoms with Gasteiger partial charge in [-0.05, 0) is 42.7 Å². The Morgan fingerprint density at radius 3 is 2.80 bits per heavy atom. The highest BCUT2D eigenvalue weighted by molar-refractivity contribution is 5.49. The number of nitriles is 1. The van der Waals surface area contributed by atoms with Crippen LogP contribution in [0.4, 0.5) is 0 Å². The van der Waals surface area contributed by atoms with Crippen LogP contribution in [0.25, 0.3) is 0 Å². The molecule has 1 N–H and O–H groups in total. The molecule has 4 rings (SSSR count). The lowest BCUT2D eigenvalue weighted by molar-refractivity contribution is 0.409. The Bertz CT molecular complexity index is 954. The van der Waals surface area contributed by atoms with Gasteiger partial charge in [0.1, 0.15) is 11.8 Å². The fourth-order valence-electron chi connectivity index (χ4n) is 2.66. The summed E-state index contributed by atoms with van der Waals surface area (Å²) in [5, 5.41) is 27.7. The van der Waals surface area contributed by atoms with Gasteiger partial charge in [-0.2, -0.15) is 5.26 Å². The van der Waals surface area contributed by atoms with E-state index in [0.717, 1.165) is 11.3 Å². The van der Waals surface area contributed by atoms with Gasteiger partial charge >= 0.3 is 0 Å². The highest BCUT2D eigenvalue weighted by Crippen LogP contribution is 2.38. The Kier molecular flexibility index (Phi) is 3.82. The third kappa shape index (κ3) is 3.31. The molecule has 1 fully saturated rings. The van der Waals surface area contributed by atoms with Crippen LogP contribution in [0.3, 0.4) is 0 Å². The maximum atomic E-state index is 10.2. The van der Waals surface area contributed by atoms with Gasteiger partial charge in [-0.25, -0.2) is 4.68 Å². The number of para-hydroxylation sites is 1. The number of rotatable bonds is 5. The number of phenols is 1. The van der Waals surface area contributed by atoms with Crippen molar-refractivity contribution in [3.63, 3.8) is 0 Å². The molecule has 0 spiro atoms. The van der Waals surface area contributed by atoms with Crippen molar-refractivity contribution in [3.8, 4) is 23.3 Å². The van der Waals surface area contributed by atoms with Gasteiger partial charge in [0.25, 0.3) is 0 Å². The normalized spacial score (nSPS) is 13.4. The third-order valence-corrected chi connectivity index (χ3v) is 4.15. The molecule has 0 aliphatic heterocycles. The summed E-state index contributed by atoms with van der Waals surface area (Å²) in [6.07, 6.45) is 4.34. The summed E-state index contributed by atoms with van der Waals surface area (Å²) in [5.74, 6) is 1.31.